The number of aliphatic hydroxyl groups is 1. The van der Waals surface area contributed by atoms with Crippen molar-refractivity contribution in [2.24, 2.45) is 0 Å². The molecule has 3 N–H and O–H groups in total. The van der Waals surface area contributed by atoms with Gasteiger partial charge in [-0.3, -0.25) is 9.69 Å². The van der Waals surface area contributed by atoms with Crippen molar-refractivity contribution in [1.29, 1.82) is 0 Å². The Morgan fingerprint density at radius 1 is 1.05 bits per heavy atom. The number of anilines is 4. The van der Waals surface area contributed by atoms with Gasteiger partial charge in [-0.2, -0.15) is 0 Å². The van der Waals surface area contributed by atoms with Crippen molar-refractivity contribution in [1.82, 2.24) is 14.9 Å². The number of benzene rings is 3. The lowest BCUT2D eigenvalue weighted by Gasteiger charge is -2.35. The fourth-order valence-corrected chi connectivity index (χ4v) is 4.48. The van der Waals surface area contributed by atoms with Crippen molar-refractivity contribution in [2.75, 3.05) is 61.9 Å². The third-order valence-electron chi connectivity index (χ3n) is 6.52. The van der Waals surface area contributed by atoms with Crippen LogP contribution in [-0.4, -0.2) is 72.6 Å². The fraction of sp³-hybridized carbons (Fsp3) is 0.281. The Hall–Kier alpha value is -4.34. The molecule has 216 valence electrons. The minimum Gasteiger partial charge on any atom is -0.395 e. The minimum absolute atomic E-state index is 0.162. The zero-order chi connectivity index (χ0) is 29.6. The first-order chi connectivity index (χ1) is 20.1. The molecular formula is C32H39FN6O2. The lowest BCUT2D eigenvalue weighted by Crippen LogP contribution is -2.47. The third-order valence-corrected chi connectivity index (χ3v) is 6.52. The Bertz CT molecular complexity index is 1420. The summed E-state index contributed by atoms with van der Waals surface area (Å²) in [6.07, 6.45) is 3.59. The van der Waals surface area contributed by atoms with Crippen molar-refractivity contribution in [3.05, 3.63) is 85.3 Å². The number of nitrogens with one attached hydrogen (secondary N) is 2. The van der Waals surface area contributed by atoms with E-state index >= 15 is 4.39 Å². The topological polar surface area (TPSA) is 93.6 Å². The number of piperazine rings is 1. The van der Waals surface area contributed by atoms with Crippen LogP contribution >= 0.6 is 0 Å². The van der Waals surface area contributed by atoms with Gasteiger partial charge in [0, 0.05) is 68.3 Å². The summed E-state index contributed by atoms with van der Waals surface area (Å²) in [4.78, 5) is 22.6. The van der Waals surface area contributed by atoms with Crippen LogP contribution in [0.4, 0.5) is 27.4 Å². The smallest absolute Gasteiger partial charge is 0.227 e. The predicted molar refractivity (Wildman–Crippen MR) is 168 cm³/mol. The van der Waals surface area contributed by atoms with E-state index in [2.05, 4.69) is 38.1 Å². The van der Waals surface area contributed by atoms with Crippen LogP contribution in [0.5, 0.6) is 0 Å². The quantitative estimate of drug-likeness (QED) is 0.186. The van der Waals surface area contributed by atoms with Crippen LogP contribution in [0, 0.1) is 5.82 Å². The molecule has 41 heavy (non-hydrogen) atoms. The fourth-order valence-electron chi connectivity index (χ4n) is 4.48. The van der Waals surface area contributed by atoms with E-state index in [0.717, 1.165) is 59.6 Å². The number of fused-ring (bicyclic) bond motifs is 1. The number of aromatic nitrogens is 2. The predicted octanol–water partition coefficient (Wildman–Crippen LogP) is 5.73. The highest BCUT2D eigenvalue weighted by molar-refractivity contribution is 5.94. The summed E-state index contributed by atoms with van der Waals surface area (Å²) in [5, 5.41) is 16.3. The van der Waals surface area contributed by atoms with Crippen molar-refractivity contribution in [3.8, 4) is 11.1 Å². The van der Waals surface area contributed by atoms with E-state index in [1.54, 1.807) is 18.3 Å². The number of hydrogen-bond donors (Lipinski definition) is 3. The Morgan fingerprint density at radius 2 is 1.78 bits per heavy atom. The molecule has 0 unspecified atom stereocenters. The van der Waals surface area contributed by atoms with E-state index < -0.39 is 0 Å². The summed E-state index contributed by atoms with van der Waals surface area (Å²) >= 11 is 0. The summed E-state index contributed by atoms with van der Waals surface area (Å²) in [6, 6.07) is 19.3. The average Bonchev–Trinajstić information content (AvgIpc) is 3.03. The van der Waals surface area contributed by atoms with Gasteiger partial charge in [-0.15, -0.1) is 0 Å². The van der Waals surface area contributed by atoms with Crippen LogP contribution in [0.25, 0.3) is 22.0 Å². The van der Waals surface area contributed by atoms with Crippen LogP contribution in [-0.2, 0) is 4.79 Å². The van der Waals surface area contributed by atoms with Gasteiger partial charge in [-0.25, -0.2) is 14.4 Å². The third kappa shape index (κ3) is 8.33. The zero-order valence-corrected chi connectivity index (χ0v) is 24.0. The Balaban J connectivity index is 0.000000710. The number of rotatable bonds is 8. The Labute approximate surface area is 241 Å². The number of halogens is 1. The van der Waals surface area contributed by atoms with Gasteiger partial charge in [-0.1, -0.05) is 50.8 Å². The van der Waals surface area contributed by atoms with E-state index in [4.69, 9.17) is 14.9 Å². The van der Waals surface area contributed by atoms with Crippen molar-refractivity contribution < 1.29 is 14.3 Å². The van der Waals surface area contributed by atoms with Crippen LogP contribution in [0.15, 0.2) is 79.5 Å². The molecule has 1 aliphatic rings. The largest absolute Gasteiger partial charge is 0.395 e. The average molecular weight is 559 g/mol. The van der Waals surface area contributed by atoms with Crippen LogP contribution in [0.1, 0.15) is 13.8 Å². The van der Waals surface area contributed by atoms with Gasteiger partial charge in [0.05, 0.1) is 17.8 Å². The van der Waals surface area contributed by atoms with Gasteiger partial charge in [0.1, 0.15) is 12.1 Å². The summed E-state index contributed by atoms with van der Waals surface area (Å²) in [6.45, 7) is 11.3. The number of para-hydroxylation sites is 1. The second-order valence-corrected chi connectivity index (χ2v) is 8.98. The van der Waals surface area contributed by atoms with E-state index in [0.29, 0.717) is 24.5 Å². The van der Waals surface area contributed by atoms with Crippen molar-refractivity contribution in [2.45, 2.75) is 13.8 Å². The second kappa shape index (κ2) is 16.1. The molecule has 9 heteroatoms. The molecule has 0 radical (unpaired) electrons. The number of aldehydes is 1. The summed E-state index contributed by atoms with van der Waals surface area (Å²) in [7, 11) is 1.89. The monoisotopic (exact) mass is 558 g/mol. The first-order valence-electron chi connectivity index (χ1n) is 13.8. The summed E-state index contributed by atoms with van der Waals surface area (Å²) in [5.41, 5.74) is 5.03. The molecule has 3 aromatic carbocycles. The second-order valence-electron chi connectivity index (χ2n) is 8.98. The molecule has 8 nitrogen and oxygen atoms in total. The van der Waals surface area contributed by atoms with E-state index in [1.165, 1.54) is 6.08 Å². The summed E-state index contributed by atoms with van der Waals surface area (Å²) in [5.74, 6) is -0.00187. The van der Waals surface area contributed by atoms with E-state index in [-0.39, 0.29) is 12.4 Å². The first-order valence-corrected chi connectivity index (χ1v) is 13.8. The summed E-state index contributed by atoms with van der Waals surface area (Å²) < 4.78 is 15.0. The first kappa shape index (κ1) is 31.2. The SMILES string of the molecule is C=CC=O.CC.CNc1cccc(-c2cccc3cnc(Nc4ccc(N5CCN(CCO)CC5)cc4F)nc23)c1. The standard InChI is InChI=1S/C27H29FN6O.C3H4O.C2H6/c1-29-21-6-2-4-19(16-21)23-7-3-5-20-18-30-27(32-26(20)23)31-25-9-8-22(17-24(25)28)34-12-10-33(11-13-34)14-15-35;1-2-3-4;1-2/h2-9,16-18,29,35H,10-15H2,1H3,(H,30,31,32);2-3H,1H2;1-2H3. The molecule has 0 atom stereocenters. The molecule has 1 fully saturated rings. The van der Waals surface area contributed by atoms with Crippen LogP contribution in [0.2, 0.25) is 0 Å². The highest BCUT2D eigenvalue weighted by Crippen LogP contribution is 2.30. The molecule has 0 aliphatic carbocycles. The molecular weight excluding hydrogens is 519 g/mol. The molecule has 0 spiro atoms. The lowest BCUT2D eigenvalue weighted by molar-refractivity contribution is -0.104. The maximum atomic E-state index is 15.0. The number of allylic oxidation sites excluding steroid dienone is 1. The molecule has 1 aliphatic heterocycles. The molecule has 1 saturated heterocycles. The van der Waals surface area contributed by atoms with Crippen LogP contribution < -0.4 is 15.5 Å². The van der Waals surface area contributed by atoms with Gasteiger partial charge in [-0.05, 0) is 42.0 Å². The lowest BCUT2D eigenvalue weighted by atomic mass is 10.0. The highest BCUT2D eigenvalue weighted by atomic mass is 19.1. The number of β-amino-alcohol motifs (C(OH)–C–C–N with tert-alkyl or cyclic N) is 1. The van der Waals surface area contributed by atoms with Gasteiger partial charge in [0.2, 0.25) is 5.95 Å². The maximum Gasteiger partial charge on any atom is 0.227 e. The molecule has 5 rings (SSSR count). The molecule has 4 aromatic rings. The highest BCUT2D eigenvalue weighted by Gasteiger charge is 2.18. The van der Waals surface area contributed by atoms with Crippen LogP contribution in [0.3, 0.4) is 0 Å². The molecule has 1 aromatic heterocycles. The molecule has 0 saturated carbocycles. The van der Waals surface area contributed by atoms with E-state index in [9.17, 15) is 0 Å². The van der Waals surface area contributed by atoms with Gasteiger partial charge < -0.3 is 20.6 Å². The number of hydrogen-bond acceptors (Lipinski definition) is 8. The Morgan fingerprint density at radius 3 is 2.44 bits per heavy atom. The number of nitrogens with zero attached hydrogens (tertiary/aromatic N) is 4. The van der Waals surface area contributed by atoms with Crippen molar-refractivity contribution in [3.63, 3.8) is 0 Å². The minimum atomic E-state index is -0.348. The van der Waals surface area contributed by atoms with Crippen molar-refractivity contribution >= 4 is 40.2 Å². The number of aliphatic hydroxyl groups excluding tert-OH is 1. The molecule has 2 heterocycles. The van der Waals surface area contributed by atoms with Gasteiger partial charge in [0.25, 0.3) is 0 Å². The van der Waals surface area contributed by atoms with E-state index in [1.807, 2.05) is 63.4 Å². The Kier molecular flexibility index (Phi) is 12.2. The molecule has 0 amide bonds. The van der Waals surface area contributed by atoms with Gasteiger partial charge in [0.15, 0.2) is 0 Å². The number of carbonyl (C=O) groups excluding carboxylic acids is 1. The zero-order valence-electron chi connectivity index (χ0n) is 24.0. The normalized spacial score (nSPS) is 12.9. The number of carbonyl (C=O) groups is 1. The maximum absolute atomic E-state index is 15.0. The molecule has 0 bridgehead atoms. The van der Waals surface area contributed by atoms with Gasteiger partial charge >= 0.3 is 0 Å².